The second-order valence-electron chi connectivity index (χ2n) is 5.11. The van der Waals surface area contributed by atoms with Crippen LogP contribution in [-0.4, -0.2) is 23.7 Å². The van der Waals surface area contributed by atoms with E-state index < -0.39 is 0 Å². The monoisotopic (exact) mass is 380 g/mol. The Kier molecular flexibility index (Phi) is 5.84. The number of thiophene rings is 1. The molecule has 1 amide bonds. The summed E-state index contributed by atoms with van der Waals surface area (Å²) in [6, 6.07) is 9.61. The normalized spacial score (nSPS) is 12.2. The van der Waals surface area contributed by atoms with Gasteiger partial charge in [0.25, 0.3) is 5.91 Å². The number of fused-ring (bicyclic) bond motifs is 1. The van der Waals surface area contributed by atoms with E-state index in [2.05, 4.69) is 4.99 Å². The predicted octanol–water partition coefficient (Wildman–Crippen LogP) is 4.12. The maximum Gasteiger partial charge on any atom is 0.253 e. The van der Waals surface area contributed by atoms with Gasteiger partial charge < -0.3 is 9.30 Å². The van der Waals surface area contributed by atoms with E-state index in [1.165, 1.54) is 11.3 Å². The first-order valence-electron chi connectivity index (χ1n) is 7.64. The molecule has 7 heteroatoms. The number of carbonyl (C=O) groups is 1. The zero-order valence-corrected chi connectivity index (χ0v) is 15.6. The summed E-state index contributed by atoms with van der Waals surface area (Å²) in [5.41, 5.74) is 1.02. The van der Waals surface area contributed by atoms with Crippen LogP contribution in [0.1, 0.15) is 11.8 Å². The number of ether oxygens (including phenoxy) is 1. The van der Waals surface area contributed by atoms with Gasteiger partial charge in [-0.05, 0) is 36.6 Å². The van der Waals surface area contributed by atoms with Crippen molar-refractivity contribution in [3.8, 4) is 0 Å². The lowest BCUT2D eigenvalue weighted by Gasteiger charge is -2.05. The SMILES string of the molecule is CCOCCn1c(=NC(=O)Cc2cccs2)sc2cc(Cl)ccc21. The van der Waals surface area contributed by atoms with Crippen LogP contribution in [0, 0.1) is 0 Å². The molecule has 0 unspecified atom stereocenters. The molecule has 0 aliphatic carbocycles. The quantitative estimate of drug-likeness (QED) is 0.603. The van der Waals surface area contributed by atoms with Gasteiger partial charge in [-0.1, -0.05) is 29.0 Å². The number of carbonyl (C=O) groups excluding carboxylic acids is 1. The van der Waals surface area contributed by atoms with Gasteiger partial charge in [-0.2, -0.15) is 4.99 Å². The zero-order chi connectivity index (χ0) is 16.9. The number of hydrogen-bond donors (Lipinski definition) is 0. The Bertz CT molecular complexity index is 897. The standard InChI is InChI=1S/C17H17ClN2O2S2/c1-2-22-8-7-20-14-6-5-12(18)10-15(14)24-17(20)19-16(21)11-13-4-3-9-23-13/h3-6,9-10H,2,7-8,11H2,1H3. The Balaban J connectivity index is 1.96. The highest BCUT2D eigenvalue weighted by atomic mass is 35.5. The third-order valence-electron chi connectivity index (χ3n) is 3.43. The molecule has 0 saturated heterocycles. The fourth-order valence-corrected chi connectivity index (χ4v) is 4.40. The fraction of sp³-hybridized carbons (Fsp3) is 0.294. The van der Waals surface area contributed by atoms with Gasteiger partial charge in [0.2, 0.25) is 0 Å². The first kappa shape index (κ1) is 17.4. The second kappa shape index (κ2) is 8.07. The highest BCUT2D eigenvalue weighted by molar-refractivity contribution is 7.16. The first-order chi connectivity index (χ1) is 11.7. The lowest BCUT2D eigenvalue weighted by Crippen LogP contribution is -2.20. The lowest BCUT2D eigenvalue weighted by molar-refractivity contribution is -0.117. The van der Waals surface area contributed by atoms with Crippen LogP contribution in [0.15, 0.2) is 40.7 Å². The van der Waals surface area contributed by atoms with Crippen molar-refractivity contribution in [2.75, 3.05) is 13.2 Å². The van der Waals surface area contributed by atoms with E-state index in [1.54, 1.807) is 11.3 Å². The van der Waals surface area contributed by atoms with Crippen molar-refractivity contribution in [3.63, 3.8) is 0 Å². The minimum Gasteiger partial charge on any atom is -0.380 e. The molecule has 0 N–H and O–H groups in total. The highest BCUT2D eigenvalue weighted by Crippen LogP contribution is 2.22. The summed E-state index contributed by atoms with van der Waals surface area (Å²) in [4.78, 5) is 18.3. The number of nitrogens with zero attached hydrogens (tertiary/aromatic N) is 2. The van der Waals surface area contributed by atoms with Crippen molar-refractivity contribution >= 4 is 50.4 Å². The molecule has 1 aromatic carbocycles. The molecule has 3 aromatic rings. The third kappa shape index (κ3) is 4.13. The maximum absolute atomic E-state index is 12.3. The van der Waals surface area contributed by atoms with E-state index in [0.29, 0.717) is 36.0 Å². The second-order valence-corrected chi connectivity index (χ2v) is 7.58. The molecule has 0 fully saturated rings. The number of aromatic nitrogens is 1. The maximum atomic E-state index is 12.3. The largest absolute Gasteiger partial charge is 0.380 e. The van der Waals surface area contributed by atoms with E-state index in [0.717, 1.165) is 15.1 Å². The van der Waals surface area contributed by atoms with Crippen molar-refractivity contribution in [3.05, 3.63) is 50.4 Å². The van der Waals surface area contributed by atoms with Crippen LogP contribution in [0.4, 0.5) is 0 Å². The third-order valence-corrected chi connectivity index (χ3v) is 5.59. The molecule has 2 heterocycles. The molecule has 0 atom stereocenters. The Morgan fingerprint density at radius 1 is 1.38 bits per heavy atom. The van der Waals surface area contributed by atoms with Gasteiger partial charge in [0.15, 0.2) is 4.80 Å². The van der Waals surface area contributed by atoms with Crippen molar-refractivity contribution in [1.82, 2.24) is 4.57 Å². The molecule has 0 saturated carbocycles. The number of halogens is 1. The van der Waals surface area contributed by atoms with E-state index in [1.807, 2.05) is 47.2 Å². The van der Waals surface area contributed by atoms with Crippen LogP contribution in [-0.2, 0) is 22.5 Å². The average Bonchev–Trinajstić information content (AvgIpc) is 3.15. The Labute approximate surface area is 153 Å². The molecule has 4 nitrogen and oxygen atoms in total. The summed E-state index contributed by atoms with van der Waals surface area (Å²) in [7, 11) is 0. The van der Waals surface area contributed by atoms with Gasteiger partial charge >= 0.3 is 0 Å². The number of thiazole rings is 1. The summed E-state index contributed by atoms with van der Waals surface area (Å²) < 4.78 is 8.50. The summed E-state index contributed by atoms with van der Waals surface area (Å²) in [5.74, 6) is -0.139. The van der Waals surface area contributed by atoms with Crippen LogP contribution in [0.25, 0.3) is 10.2 Å². The van der Waals surface area contributed by atoms with E-state index in [9.17, 15) is 4.79 Å². The van der Waals surface area contributed by atoms with Crippen LogP contribution in [0.2, 0.25) is 5.02 Å². The van der Waals surface area contributed by atoms with Gasteiger partial charge in [-0.3, -0.25) is 4.79 Å². The molecule has 0 aliphatic rings. The smallest absolute Gasteiger partial charge is 0.253 e. The molecule has 0 radical (unpaired) electrons. The van der Waals surface area contributed by atoms with Crippen LogP contribution in [0.3, 0.4) is 0 Å². The number of amides is 1. The molecular formula is C17H17ClN2O2S2. The predicted molar refractivity (Wildman–Crippen MR) is 99.9 cm³/mol. The topological polar surface area (TPSA) is 43.6 Å². The first-order valence-corrected chi connectivity index (χ1v) is 9.71. The van der Waals surface area contributed by atoms with Crippen molar-refractivity contribution in [2.24, 2.45) is 4.99 Å². The fourth-order valence-electron chi connectivity index (χ4n) is 2.36. The summed E-state index contributed by atoms with van der Waals surface area (Å²) in [6.45, 7) is 3.86. The number of rotatable bonds is 6. The molecule has 0 aliphatic heterocycles. The molecule has 2 aromatic heterocycles. The van der Waals surface area contributed by atoms with Gasteiger partial charge in [0.05, 0.1) is 23.2 Å². The van der Waals surface area contributed by atoms with Crippen molar-refractivity contribution in [1.29, 1.82) is 0 Å². The molecule has 24 heavy (non-hydrogen) atoms. The van der Waals surface area contributed by atoms with E-state index in [-0.39, 0.29) is 5.91 Å². The summed E-state index contributed by atoms with van der Waals surface area (Å²) in [5, 5.41) is 2.64. The number of benzene rings is 1. The van der Waals surface area contributed by atoms with Gasteiger partial charge in [-0.25, -0.2) is 0 Å². The lowest BCUT2D eigenvalue weighted by atomic mass is 10.3. The van der Waals surface area contributed by atoms with Crippen molar-refractivity contribution in [2.45, 2.75) is 19.9 Å². The van der Waals surface area contributed by atoms with Gasteiger partial charge in [0.1, 0.15) is 0 Å². The molecule has 3 rings (SSSR count). The van der Waals surface area contributed by atoms with E-state index >= 15 is 0 Å². The minimum atomic E-state index is -0.139. The van der Waals surface area contributed by atoms with Crippen LogP contribution >= 0.6 is 34.3 Å². The summed E-state index contributed by atoms with van der Waals surface area (Å²) in [6.07, 6.45) is 0.331. The molecular weight excluding hydrogens is 364 g/mol. The minimum absolute atomic E-state index is 0.139. The molecule has 0 spiro atoms. The number of hydrogen-bond acceptors (Lipinski definition) is 4. The Morgan fingerprint density at radius 2 is 2.25 bits per heavy atom. The Morgan fingerprint density at radius 3 is 3.00 bits per heavy atom. The van der Waals surface area contributed by atoms with Gasteiger partial charge in [0, 0.05) is 23.1 Å². The average molecular weight is 381 g/mol. The van der Waals surface area contributed by atoms with Crippen LogP contribution in [0.5, 0.6) is 0 Å². The Hall–Kier alpha value is -1.47. The van der Waals surface area contributed by atoms with Crippen molar-refractivity contribution < 1.29 is 9.53 Å². The molecule has 0 bridgehead atoms. The highest BCUT2D eigenvalue weighted by Gasteiger charge is 2.09. The zero-order valence-electron chi connectivity index (χ0n) is 13.2. The summed E-state index contributed by atoms with van der Waals surface area (Å²) >= 11 is 9.13. The van der Waals surface area contributed by atoms with Gasteiger partial charge in [-0.15, -0.1) is 11.3 Å². The van der Waals surface area contributed by atoms with E-state index in [4.69, 9.17) is 16.3 Å². The molecule has 126 valence electrons. The van der Waals surface area contributed by atoms with Crippen LogP contribution < -0.4 is 4.80 Å².